The topological polar surface area (TPSA) is 67.2 Å². The van der Waals surface area contributed by atoms with Crippen molar-refractivity contribution in [2.45, 2.75) is 26.0 Å². The molecule has 0 aliphatic rings. The van der Waals surface area contributed by atoms with Gasteiger partial charge in [0.2, 0.25) is 0 Å². The van der Waals surface area contributed by atoms with Crippen LogP contribution in [-0.4, -0.2) is 20.8 Å². The van der Waals surface area contributed by atoms with Crippen LogP contribution in [0.15, 0.2) is 73.1 Å². The summed E-state index contributed by atoms with van der Waals surface area (Å²) in [5.74, 6) is -0.0666. The summed E-state index contributed by atoms with van der Waals surface area (Å²) < 4.78 is 1.78. The largest absolute Gasteiger partial charge is 0.372 e. The van der Waals surface area contributed by atoms with Crippen molar-refractivity contribution in [3.8, 4) is 0 Å². The maximum atomic E-state index is 13.1. The van der Waals surface area contributed by atoms with Gasteiger partial charge in [0, 0.05) is 12.7 Å². The van der Waals surface area contributed by atoms with E-state index < -0.39 is 11.5 Å². The zero-order valence-electron chi connectivity index (χ0n) is 15.0. The molecule has 5 heteroatoms. The lowest BCUT2D eigenvalue weighted by molar-refractivity contribution is -0.131. The Balaban J connectivity index is 1.92. The summed E-state index contributed by atoms with van der Waals surface area (Å²) in [5.41, 5.74) is -0.208. The van der Waals surface area contributed by atoms with Crippen molar-refractivity contribution in [3.63, 3.8) is 0 Å². The molecule has 0 fully saturated rings. The van der Waals surface area contributed by atoms with Gasteiger partial charge in [0.25, 0.3) is 5.91 Å². The zero-order valence-corrected chi connectivity index (χ0v) is 15.0. The van der Waals surface area contributed by atoms with Crippen molar-refractivity contribution in [1.82, 2.24) is 9.78 Å². The number of nitrogens with zero attached hydrogens (tertiary/aromatic N) is 2. The molecule has 0 atom stereocenters. The second-order valence-electron chi connectivity index (χ2n) is 6.74. The Hall–Kier alpha value is -2.92. The number of benzene rings is 2. The fourth-order valence-corrected chi connectivity index (χ4v) is 2.91. The quantitative estimate of drug-likeness (QED) is 0.717. The van der Waals surface area contributed by atoms with E-state index in [1.807, 2.05) is 12.1 Å². The number of hydrogen-bond donors (Lipinski definition) is 2. The number of amides is 1. The lowest BCUT2D eigenvalue weighted by atomic mass is 9.85. The molecule has 0 saturated heterocycles. The highest BCUT2D eigenvalue weighted by Gasteiger charge is 2.40. The second-order valence-corrected chi connectivity index (χ2v) is 6.74. The number of nitrogens with one attached hydrogen (secondary N) is 1. The van der Waals surface area contributed by atoms with E-state index in [9.17, 15) is 9.90 Å². The molecular formula is C21H23N3O2. The van der Waals surface area contributed by atoms with Gasteiger partial charge in [0.15, 0.2) is 5.60 Å². The minimum Gasteiger partial charge on any atom is -0.372 e. The van der Waals surface area contributed by atoms with Crippen LogP contribution in [-0.2, 0) is 16.9 Å². The fourth-order valence-electron chi connectivity index (χ4n) is 2.91. The Kier molecular flexibility index (Phi) is 5.19. The third kappa shape index (κ3) is 3.68. The van der Waals surface area contributed by atoms with E-state index in [1.54, 1.807) is 65.6 Å². The minimum absolute atomic E-state index is 0.448. The van der Waals surface area contributed by atoms with E-state index in [1.165, 1.54) is 0 Å². The fraction of sp³-hybridized carbons (Fsp3) is 0.238. The monoisotopic (exact) mass is 349 g/mol. The van der Waals surface area contributed by atoms with E-state index in [2.05, 4.69) is 24.3 Å². The first kappa shape index (κ1) is 17.9. The van der Waals surface area contributed by atoms with Gasteiger partial charge in [-0.15, -0.1) is 0 Å². The number of hydrogen-bond acceptors (Lipinski definition) is 3. The maximum Gasteiger partial charge on any atom is 0.265 e. The van der Waals surface area contributed by atoms with Crippen LogP contribution in [0.1, 0.15) is 25.0 Å². The first-order valence-corrected chi connectivity index (χ1v) is 8.67. The molecule has 0 aliphatic carbocycles. The maximum absolute atomic E-state index is 13.1. The van der Waals surface area contributed by atoms with Crippen molar-refractivity contribution in [2.75, 3.05) is 5.32 Å². The van der Waals surface area contributed by atoms with Crippen LogP contribution in [0, 0.1) is 5.92 Å². The van der Waals surface area contributed by atoms with Gasteiger partial charge in [-0.3, -0.25) is 9.48 Å². The molecule has 26 heavy (non-hydrogen) atoms. The van der Waals surface area contributed by atoms with E-state index in [0.29, 0.717) is 22.7 Å². The summed E-state index contributed by atoms with van der Waals surface area (Å²) in [4.78, 5) is 13.1. The molecule has 0 spiro atoms. The number of aromatic nitrogens is 2. The van der Waals surface area contributed by atoms with E-state index in [0.717, 1.165) is 6.54 Å². The highest BCUT2D eigenvalue weighted by Crippen LogP contribution is 2.31. The Morgan fingerprint density at radius 2 is 1.62 bits per heavy atom. The minimum atomic E-state index is -1.79. The molecule has 2 N–H and O–H groups in total. The molecule has 5 nitrogen and oxygen atoms in total. The predicted molar refractivity (Wildman–Crippen MR) is 102 cm³/mol. The summed E-state index contributed by atoms with van der Waals surface area (Å²) in [6, 6.07) is 17.9. The summed E-state index contributed by atoms with van der Waals surface area (Å²) >= 11 is 0. The second kappa shape index (κ2) is 7.54. The molecule has 0 bridgehead atoms. The van der Waals surface area contributed by atoms with Crippen molar-refractivity contribution in [2.24, 2.45) is 5.92 Å². The number of carbonyl (C=O) groups is 1. The molecule has 0 saturated carbocycles. The normalized spacial score (nSPS) is 11.5. The highest BCUT2D eigenvalue weighted by atomic mass is 16.3. The first-order chi connectivity index (χ1) is 12.5. The van der Waals surface area contributed by atoms with Gasteiger partial charge in [-0.2, -0.15) is 5.10 Å². The Morgan fingerprint density at radius 1 is 1.08 bits per heavy atom. The molecule has 0 aliphatic heterocycles. The Labute approximate surface area is 153 Å². The SMILES string of the molecule is CC(C)Cn1cc(NC(=O)C(O)(c2ccccc2)c2ccccc2)cn1. The van der Waals surface area contributed by atoms with Crippen molar-refractivity contribution in [3.05, 3.63) is 84.2 Å². The van der Waals surface area contributed by atoms with Crippen LogP contribution in [0.25, 0.3) is 0 Å². The van der Waals surface area contributed by atoms with Gasteiger partial charge < -0.3 is 10.4 Å². The molecule has 3 aromatic rings. The van der Waals surface area contributed by atoms with Crippen molar-refractivity contribution in [1.29, 1.82) is 0 Å². The van der Waals surface area contributed by atoms with Crippen LogP contribution < -0.4 is 5.32 Å². The molecule has 3 rings (SSSR count). The van der Waals surface area contributed by atoms with Gasteiger partial charge in [0.1, 0.15) is 0 Å². The first-order valence-electron chi connectivity index (χ1n) is 8.67. The van der Waals surface area contributed by atoms with Crippen LogP contribution in [0.2, 0.25) is 0 Å². The Morgan fingerprint density at radius 3 is 2.12 bits per heavy atom. The smallest absolute Gasteiger partial charge is 0.265 e. The Bertz CT molecular complexity index is 818. The lowest BCUT2D eigenvalue weighted by Gasteiger charge is -2.27. The summed E-state index contributed by atoms with van der Waals surface area (Å²) in [6.45, 7) is 4.96. The number of aliphatic hydroxyl groups is 1. The van der Waals surface area contributed by atoms with Gasteiger partial charge in [0.05, 0.1) is 11.9 Å². The third-order valence-electron chi connectivity index (χ3n) is 4.16. The van der Waals surface area contributed by atoms with E-state index in [-0.39, 0.29) is 0 Å². The molecule has 0 radical (unpaired) electrons. The molecule has 1 amide bonds. The predicted octanol–water partition coefficient (Wildman–Crippen LogP) is 3.41. The molecule has 2 aromatic carbocycles. The van der Waals surface area contributed by atoms with Gasteiger partial charge in [-0.05, 0) is 17.0 Å². The third-order valence-corrected chi connectivity index (χ3v) is 4.16. The molecule has 1 aromatic heterocycles. The molecule has 0 unspecified atom stereocenters. The number of rotatable bonds is 6. The molecule has 1 heterocycles. The van der Waals surface area contributed by atoms with E-state index >= 15 is 0 Å². The van der Waals surface area contributed by atoms with Crippen LogP contribution in [0.3, 0.4) is 0 Å². The number of carbonyl (C=O) groups excluding carboxylic acids is 1. The van der Waals surface area contributed by atoms with Crippen molar-refractivity contribution >= 4 is 11.6 Å². The number of anilines is 1. The standard InChI is InChI=1S/C21H23N3O2/c1-16(2)14-24-15-19(13-22-24)23-20(25)21(26,17-9-5-3-6-10-17)18-11-7-4-8-12-18/h3-13,15-16,26H,14H2,1-2H3,(H,23,25). The molecule has 134 valence electrons. The summed E-state index contributed by atoms with van der Waals surface area (Å²) in [5, 5.41) is 18.5. The van der Waals surface area contributed by atoms with Gasteiger partial charge in [-0.1, -0.05) is 74.5 Å². The lowest BCUT2D eigenvalue weighted by Crippen LogP contribution is -2.41. The van der Waals surface area contributed by atoms with Crippen LogP contribution >= 0.6 is 0 Å². The van der Waals surface area contributed by atoms with E-state index in [4.69, 9.17) is 0 Å². The van der Waals surface area contributed by atoms with Crippen LogP contribution in [0.5, 0.6) is 0 Å². The summed E-state index contributed by atoms with van der Waals surface area (Å²) in [6.07, 6.45) is 3.37. The van der Waals surface area contributed by atoms with Gasteiger partial charge >= 0.3 is 0 Å². The van der Waals surface area contributed by atoms with Gasteiger partial charge in [-0.25, -0.2) is 0 Å². The van der Waals surface area contributed by atoms with Crippen molar-refractivity contribution < 1.29 is 9.90 Å². The van der Waals surface area contributed by atoms with Crippen LogP contribution in [0.4, 0.5) is 5.69 Å². The molecular weight excluding hydrogens is 326 g/mol. The highest BCUT2D eigenvalue weighted by molar-refractivity contribution is 6.00. The average molecular weight is 349 g/mol. The summed E-state index contributed by atoms with van der Waals surface area (Å²) in [7, 11) is 0. The zero-order chi connectivity index (χ0) is 18.6. The average Bonchev–Trinajstić information content (AvgIpc) is 3.08.